The first kappa shape index (κ1) is 15.5. The Kier molecular flexibility index (Phi) is 10.0. The molecule has 0 aliphatic heterocycles. The topological polar surface area (TPSA) is 35.5 Å². The largest absolute Gasteiger partial charge is 0.386 e. The highest BCUT2D eigenvalue weighted by atomic mass is 32.7. The van der Waals surface area contributed by atoms with Crippen molar-refractivity contribution < 1.29 is 13.6 Å². The fraction of sp³-hybridized carbons (Fsp3) is 1.00. The van der Waals surface area contributed by atoms with Crippen molar-refractivity contribution in [2.75, 3.05) is 13.2 Å². The summed E-state index contributed by atoms with van der Waals surface area (Å²) in [4.78, 5) is 0. The van der Waals surface area contributed by atoms with E-state index in [0.717, 1.165) is 38.5 Å². The minimum atomic E-state index is -3.08. The Morgan fingerprint density at radius 2 is 1.33 bits per heavy atom. The van der Waals surface area contributed by atoms with Crippen LogP contribution in [-0.2, 0) is 13.6 Å². The maximum atomic E-state index is 11.6. The Morgan fingerprint density at radius 3 is 1.67 bits per heavy atom. The molecule has 0 saturated heterocycles. The second-order valence-electron chi connectivity index (χ2n) is 3.55. The van der Waals surface area contributed by atoms with Crippen LogP contribution in [0.1, 0.15) is 52.4 Å². The van der Waals surface area contributed by atoms with Crippen molar-refractivity contribution in [1.29, 1.82) is 0 Å². The molecule has 0 bridgehead atoms. The van der Waals surface area contributed by atoms with Gasteiger partial charge in [-0.3, -0.25) is 0 Å². The first-order valence-electron chi connectivity index (χ1n) is 5.74. The molecular weight excluding hydrogens is 231 g/mol. The lowest BCUT2D eigenvalue weighted by molar-refractivity contribution is 0.213. The summed E-state index contributed by atoms with van der Waals surface area (Å²) in [6, 6.07) is 0. The summed E-state index contributed by atoms with van der Waals surface area (Å²) in [5.41, 5.74) is 0. The number of rotatable bonds is 10. The summed E-state index contributed by atoms with van der Waals surface area (Å²) in [6.07, 6.45) is 6.25. The number of thiol groups is 1. The van der Waals surface area contributed by atoms with E-state index in [4.69, 9.17) is 9.05 Å². The van der Waals surface area contributed by atoms with Crippen molar-refractivity contribution in [3.8, 4) is 0 Å². The number of hydrogen-bond acceptors (Lipinski definition) is 3. The molecule has 0 aliphatic carbocycles. The highest BCUT2D eigenvalue weighted by Gasteiger charge is 2.17. The van der Waals surface area contributed by atoms with Gasteiger partial charge in [0.15, 0.2) is 0 Å². The summed E-state index contributed by atoms with van der Waals surface area (Å²) in [5.74, 6) is 0. The van der Waals surface area contributed by atoms with Gasteiger partial charge in [0.2, 0.25) is 0 Å². The zero-order valence-corrected chi connectivity index (χ0v) is 11.6. The lowest BCUT2D eigenvalue weighted by Gasteiger charge is -2.12. The van der Waals surface area contributed by atoms with Crippen LogP contribution in [0.2, 0.25) is 0 Å². The van der Waals surface area contributed by atoms with E-state index in [9.17, 15) is 4.57 Å². The van der Waals surface area contributed by atoms with Gasteiger partial charge in [-0.25, -0.2) is 4.57 Å². The van der Waals surface area contributed by atoms with Crippen molar-refractivity contribution in [3.05, 3.63) is 0 Å². The van der Waals surface area contributed by atoms with Crippen molar-refractivity contribution in [3.63, 3.8) is 0 Å². The van der Waals surface area contributed by atoms with Crippen LogP contribution in [0.25, 0.3) is 0 Å². The first-order valence-corrected chi connectivity index (χ1v) is 8.43. The van der Waals surface area contributed by atoms with E-state index >= 15 is 0 Å². The molecule has 0 aromatic carbocycles. The predicted octanol–water partition coefficient (Wildman–Crippen LogP) is 4.44. The Morgan fingerprint density at radius 1 is 0.933 bits per heavy atom. The molecule has 0 N–H and O–H groups in total. The fourth-order valence-electron chi connectivity index (χ4n) is 1.10. The van der Waals surface area contributed by atoms with Crippen LogP contribution in [0, 0.1) is 0 Å². The van der Waals surface area contributed by atoms with Gasteiger partial charge in [0.1, 0.15) is 0 Å². The van der Waals surface area contributed by atoms with Gasteiger partial charge in [0.05, 0.1) is 13.2 Å². The summed E-state index contributed by atoms with van der Waals surface area (Å²) in [6.45, 7) is 2.10. The van der Waals surface area contributed by atoms with Gasteiger partial charge in [-0.05, 0) is 12.8 Å². The summed E-state index contributed by atoms with van der Waals surface area (Å²) in [5, 5.41) is 0. The molecule has 5 heteroatoms. The van der Waals surface area contributed by atoms with Crippen LogP contribution in [0.15, 0.2) is 0 Å². The zero-order chi connectivity index (χ0) is 11.6. The van der Waals surface area contributed by atoms with Gasteiger partial charge in [-0.1, -0.05) is 51.8 Å². The van der Waals surface area contributed by atoms with Crippen LogP contribution in [0.3, 0.4) is 0 Å². The summed E-state index contributed by atoms with van der Waals surface area (Å²) >= 11 is 3.90. The molecule has 0 unspecified atom stereocenters. The molecule has 0 spiro atoms. The molecular formula is C10H23O3PS. The first-order chi connectivity index (χ1) is 7.12. The molecule has 0 rings (SSSR count). The quantitative estimate of drug-likeness (QED) is 0.355. The minimum Gasteiger partial charge on any atom is -0.301 e. The maximum absolute atomic E-state index is 11.6. The van der Waals surface area contributed by atoms with Gasteiger partial charge in [0.25, 0.3) is 0 Å². The Bertz CT molecular complexity index is 172. The van der Waals surface area contributed by atoms with E-state index in [1.54, 1.807) is 0 Å². The normalized spacial score (nSPS) is 11.9. The van der Waals surface area contributed by atoms with Crippen molar-refractivity contribution in [2.24, 2.45) is 0 Å². The molecule has 0 heterocycles. The van der Waals surface area contributed by atoms with Crippen LogP contribution >= 0.6 is 19.0 Å². The summed E-state index contributed by atoms with van der Waals surface area (Å²) < 4.78 is 21.8. The highest BCUT2D eigenvalue weighted by molar-refractivity contribution is 8.44. The molecule has 0 saturated carbocycles. The summed E-state index contributed by atoms with van der Waals surface area (Å²) in [7, 11) is 0. The number of hydrogen-bond donors (Lipinski definition) is 1. The number of unbranched alkanes of at least 4 members (excludes halogenated alkanes) is 4. The lowest BCUT2D eigenvalue weighted by atomic mass is 10.3. The molecule has 0 fully saturated rings. The second kappa shape index (κ2) is 9.71. The lowest BCUT2D eigenvalue weighted by Crippen LogP contribution is -1.95. The molecule has 0 radical (unpaired) electrons. The average molecular weight is 254 g/mol. The molecule has 0 aromatic heterocycles. The monoisotopic (exact) mass is 254 g/mol. The minimum absolute atomic E-state index is 0.475. The average Bonchev–Trinajstić information content (AvgIpc) is 2.20. The Balaban J connectivity index is 3.45. The van der Waals surface area contributed by atoms with E-state index in [0.29, 0.717) is 13.2 Å². The van der Waals surface area contributed by atoms with Crippen LogP contribution < -0.4 is 0 Å². The Hall–Kier alpha value is 0.500. The fourth-order valence-corrected chi connectivity index (χ4v) is 2.39. The van der Waals surface area contributed by atoms with Gasteiger partial charge in [0, 0.05) is 0 Å². The highest BCUT2D eigenvalue weighted by Crippen LogP contribution is 2.53. The van der Waals surface area contributed by atoms with Crippen LogP contribution in [-0.4, -0.2) is 13.2 Å². The van der Waals surface area contributed by atoms with Gasteiger partial charge in [-0.15, -0.1) is 0 Å². The molecule has 0 amide bonds. The zero-order valence-electron chi connectivity index (χ0n) is 9.78. The van der Waals surface area contributed by atoms with E-state index in [2.05, 4.69) is 26.1 Å². The van der Waals surface area contributed by atoms with E-state index < -0.39 is 6.80 Å². The van der Waals surface area contributed by atoms with Crippen molar-refractivity contribution in [2.45, 2.75) is 52.4 Å². The smallest absolute Gasteiger partial charge is 0.301 e. The molecule has 0 atom stereocenters. The van der Waals surface area contributed by atoms with Crippen molar-refractivity contribution in [1.82, 2.24) is 0 Å². The van der Waals surface area contributed by atoms with E-state index in [1.165, 1.54) is 0 Å². The molecule has 3 nitrogen and oxygen atoms in total. The van der Waals surface area contributed by atoms with Gasteiger partial charge in [-0.2, -0.15) is 0 Å². The molecule has 0 aromatic rings. The SMILES string of the molecule is CCCCCOP(=O)(S)OCCCCC. The van der Waals surface area contributed by atoms with Crippen LogP contribution in [0.4, 0.5) is 0 Å². The molecule has 92 valence electrons. The molecule has 15 heavy (non-hydrogen) atoms. The second-order valence-corrected chi connectivity index (χ2v) is 6.47. The van der Waals surface area contributed by atoms with Gasteiger partial charge >= 0.3 is 6.80 Å². The van der Waals surface area contributed by atoms with Gasteiger partial charge < -0.3 is 9.05 Å². The Labute approximate surface area is 98.6 Å². The van der Waals surface area contributed by atoms with E-state index in [-0.39, 0.29) is 0 Å². The third kappa shape index (κ3) is 10.8. The molecule has 0 aliphatic rings. The third-order valence-electron chi connectivity index (χ3n) is 2.00. The van der Waals surface area contributed by atoms with E-state index in [1.807, 2.05) is 0 Å². The standard InChI is InChI=1S/C10H23O3PS/c1-3-5-7-9-12-14(11,15)13-10-8-6-4-2/h3-10H2,1-2H3,(H,11,15). The maximum Gasteiger partial charge on any atom is 0.386 e. The van der Waals surface area contributed by atoms with Crippen LogP contribution in [0.5, 0.6) is 0 Å². The third-order valence-corrected chi connectivity index (χ3v) is 3.72. The van der Waals surface area contributed by atoms with Crippen molar-refractivity contribution >= 4 is 19.0 Å². The predicted molar refractivity (Wildman–Crippen MR) is 67.5 cm³/mol.